The number of imidazole rings is 1. The van der Waals surface area contributed by atoms with Gasteiger partial charge in [0.2, 0.25) is 0 Å². The molecule has 2 heterocycles. The van der Waals surface area contributed by atoms with Gasteiger partial charge in [0.1, 0.15) is 5.69 Å². The SMILES string of the molecule is Cc1sc2nc(C=O)cn2c1-c1ccc2c(c1)CCCC2. The number of hydrogen-bond donors (Lipinski definition) is 0. The molecule has 0 saturated heterocycles. The quantitative estimate of drug-likeness (QED) is 0.668. The molecule has 0 saturated carbocycles. The third-order valence-corrected chi connectivity index (χ3v) is 5.22. The van der Waals surface area contributed by atoms with E-state index in [-0.39, 0.29) is 0 Å². The van der Waals surface area contributed by atoms with Crippen LogP contribution in [0.1, 0.15) is 39.3 Å². The Hall–Kier alpha value is -1.94. The van der Waals surface area contributed by atoms with Crippen LogP contribution in [0.5, 0.6) is 0 Å². The van der Waals surface area contributed by atoms with E-state index >= 15 is 0 Å². The fourth-order valence-electron chi connectivity index (χ4n) is 3.25. The van der Waals surface area contributed by atoms with Crippen LogP contribution in [-0.4, -0.2) is 15.7 Å². The van der Waals surface area contributed by atoms with Crippen LogP contribution in [0.2, 0.25) is 0 Å². The van der Waals surface area contributed by atoms with E-state index in [4.69, 9.17) is 0 Å². The molecule has 0 aliphatic heterocycles. The summed E-state index contributed by atoms with van der Waals surface area (Å²) in [5.74, 6) is 0. The Bertz CT molecular complexity index is 844. The number of aldehydes is 1. The van der Waals surface area contributed by atoms with Crippen LogP contribution < -0.4 is 0 Å². The van der Waals surface area contributed by atoms with Gasteiger partial charge in [-0.25, -0.2) is 4.98 Å². The van der Waals surface area contributed by atoms with E-state index < -0.39 is 0 Å². The standard InChI is InChI=1S/C17H16N2OS/c1-11-16(19-9-15(10-20)18-17(19)21-11)14-7-6-12-4-2-3-5-13(12)8-14/h6-10H,2-5H2,1H3. The van der Waals surface area contributed by atoms with E-state index in [1.807, 2.05) is 10.6 Å². The van der Waals surface area contributed by atoms with Gasteiger partial charge in [-0.15, -0.1) is 11.3 Å². The van der Waals surface area contributed by atoms with Crippen LogP contribution in [0.3, 0.4) is 0 Å². The molecule has 0 radical (unpaired) electrons. The molecule has 0 bridgehead atoms. The van der Waals surface area contributed by atoms with Gasteiger partial charge in [-0.2, -0.15) is 0 Å². The molecular weight excluding hydrogens is 280 g/mol. The minimum Gasteiger partial charge on any atom is -0.296 e. The molecular formula is C17H16N2OS. The van der Waals surface area contributed by atoms with Crippen molar-refractivity contribution in [2.45, 2.75) is 32.6 Å². The Labute approximate surface area is 127 Å². The molecule has 4 heteroatoms. The molecule has 0 unspecified atom stereocenters. The third kappa shape index (κ3) is 2.02. The molecule has 0 fully saturated rings. The molecule has 2 aromatic heterocycles. The normalized spacial score (nSPS) is 14.3. The van der Waals surface area contributed by atoms with E-state index in [1.165, 1.54) is 52.9 Å². The predicted octanol–water partition coefficient (Wildman–Crippen LogP) is 4.06. The van der Waals surface area contributed by atoms with Crippen LogP contribution >= 0.6 is 11.3 Å². The lowest BCUT2D eigenvalue weighted by molar-refractivity contribution is 0.111. The molecule has 1 aliphatic rings. The van der Waals surface area contributed by atoms with Gasteiger partial charge in [0.25, 0.3) is 0 Å². The van der Waals surface area contributed by atoms with Gasteiger partial charge in [-0.3, -0.25) is 9.20 Å². The lowest BCUT2D eigenvalue weighted by Gasteiger charge is -2.16. The molecule has 1 aliphatic carbocycles. The predicted molar refractivity (Wildman–Crippen MR) is 85.3 cm³/mol. The number of carbonyl (C=O) groups excluding carboxylic acids is 1. The highest BCUT2D eigenvalue weighted by Gasteiger charge is 2.16. The maximum atomic E-state index is 10.9. The highest BCUT2D eigenvalue weighted by molar-refractivity contribution is 7.17. The van der Waals surface area contributed by atoms with Crippen molar-refractivity contribution in [3.8, 4) is 11.3 Å². The number of fused-ring (bicyclic) bond motifs is 2. The first kappa shape index (κ1) is 12.8. The number of benzene rings is 1. The van der Waals surface area contributed by atoms with Crippen LogP contribution in [0.15, 0.2) is 24.4 Å². The largest absolute Gasteiger partial charge is 0.296 e. The Morgan fingerprint density at radius 2 is 2.05 bits per heavy atom. The molecule has 3 aromatic rings. The van der Waals surface area contributed by atoms with Gasteiger partial charge in [-0.05, 0) is 55.4 Å². The number of carbonyl (C=O) groups is 1. The van der Waals surface area contributed by atoms with Crippen molar-refractivity contribution < 1.29 is 4.79 Å². The van der Waals surface area contributed by atoms with Crippen molar-refractivity contribution >= 4 is 22.6 Å². The van der Waals surface area contributed by atoms with Crippen LogP contribution in [0.25, 0.3) is 16.2 Å². The number of aryl methyl sites for hydroxylation is 3. The third-order valence-electron chi connectivity index (χ3n) is 4.25. The molecule has 0 spiro atoms. The Morgan fingerprint density at radius 1 is 1.24 bits per heavy atom. The number of nitrogens with zero attached hydrogens (tertiary/aromatic N) is 2. The fourth-order valence-corrected chi connectivity index (χ4v) is 4.23. The average Bonchev–Trinajstić information content (AvgIpc) is 3.02. The van der Waals surface area contributed by atoms with Gasteiger partial charge in [0.15, 0.2) is 11.2 Å². The maximum Gasteiger partial charge on any atom is 0.195 e. The number of rotatable bonds is 2. The Kier molecular flexibility index (Phi) is 2.93. The summed E-state index contributed by atoms with van der Waals surface area (Å²) in [5, 5.41) is 0. The summed E-state index contributed by atoms with van der Waals surface area (Å²) >= 11 is 1.64. The van der Waals surface area contributed by atoms with E-state index in [9.17, 15) is 4.79 Å². The summed E-state index contributed by atoms with van der Waals surface area (Å²) in [4.78, 5) is 17.4. The first-order valence-corrected chi connectivity index (χ1v) is 8.14. The summed E-state index contributed by atoms with van der Waals surface area (Å²) in [6.07, 6.45) is 7.62. The van der Waals surface area contributed by atoms with E-state index in [2.05, 4.69) is 30.1 Å². The van der Waals surface area contributed by atoms with Gasteiger partial charge in [-0.1, -0.05) is 12.1 Å². The van der Waals surface area contributed by atoms with Crippen molar-refractivity contribution in [2.75, 3.05) is 0 Å². The zero-order valence-electron chi connectivity index (χ0n) is 11.9. The summed E-state index contributed by atoms with van der Waals surface area (Å²) in [5.41, 5.74) is 5.88. The van der Waals surface area contributed by atoms with Crippen molar-refractivity contribution in [1.29, 1.82) is 0 Å². The van der Waals surface area contributed by atoms with Crippen molar-refractivity contribution in [3.63, 3.8) is 0 Å². The first-order valence-electron chi connectivity index (χ1n) is 7.32. The van der Waals surface area contributed by atoms with Crippen molar-refractivity contribution in [3.05, 3.63) is 46.1 Å². The van der Waals surface area contributed by atoms with Crippen molar-refractivity contribution in [2.24, 2.45) is 0 Å². The van der Waals surface area contributed by atoms with E-state index in [1.54, 1.807) is 11.3 Å². The molecule has 0 amide bonds. The molecule has 21 heavy (non-hydrogen) atoms. The number of aromatic nitrogens is 2. The number of thiazole rings is 1. The second-order valence-electron chi connectivity index (χ2n) is 5.63. The summed E-state index contributed by atoms with van der Waals surface area (Å²) < 4.78 is 2.05. The minimum atomic E-state index is 0.500. The average molecular weight is 296 g/mol. The van der Waals surface area contributed by atoms with Crippen molar-refractivity contribution in [1.82, 2.24) is 9.38 Å². The topological polar surface area (TPSA) is 34.4 Å². The highest BCUT2D eigenvalue weighted by Crippen LogP contribution is 2.33. The Balaban J connectivity index is 1.90. The summed E-state index contributed by atoms with van der Waals surface area (Å²) in [6, 6.07) is 6.80. The van der Waals surface area contributed by atoms with Gasteiger partial charge < -0.3 is 0 Å². The second-order valence-corrected chi connectivity index (χ2v) is 6.82. The van der Waals surface area contributed by atoms with E-state index in [0.29, 0.717) is 5.69 Å². The molecule has 3 nitrogen and oxygen atoms in total. The smallest absolute Gasteiger partial charge is 0.195 e. The molecule has 1 aromatic carbocycles. The lowest BCUT2D eigenvalue weighted by atomic mass is 9.90. The van der Waals surface area contributed by atoms with Crippen LogP contribution in [-0.2, 0) is 12.8 Å². The molecule has 0 atom stereocenters. The van der Waals surface area contributed by atoms with Gasteiger partial charge >= 0.3 is 0 Å². The Morgan fingerprint density at radius 3 is 2.86 bits per heavy atom. The molecule has 4 rings (SSSR count). The summed E-state index contributed by atoms with van der Waals surface area (Å²) in [6.45, 7) is 2.12. The van der Waals surface area contributed by atoms with Crippen LogP contribution in [0, 0.1) is 6.92 Å². The fraction of sp³-hybridized carbons (Fsp3) is 0.294. The van der Waals surface area contributed by atoms with E-state index in [0.717, 1.165) is 11.2 Å². The van der Waals surface area contributed by atoms with Gasteiger partial charge in [0.05, 0.1) is 5.69 Å². The number of hydrogen-bond acceptors (Lipinski definition) is 3. The maximum absolute atomic E-state index is 10.9. The zero-order chi connectivity index (χ0) is 14.4. The molecule has 0 N–H and O–H groups in total. The van der Waals surface area contributed by atoms with Crippen LogP contribution in [0.4, 0.5) is 0 Å². The summed E-state index contributed by atoms with van der Waals surface area (Å²) in [7, 11) is 0. The monoisotopic (exact) mass is 296 g/mol. The lowest BCUT2D eigenvalue weighted by Crippen LogP contribution is -2.02. The second kappa shape index (κ2) is 4.81. The molecule has 106 valence electrons. The zero-order valence-corrected chi connectivity index (χ0v) is 12.7. The van der Waals surface area contributed by atoms with Gasteiger partial charge in [0, 0.05) is 11.1 Å². The highest BCUT2D eigenvalue weighted by atomic mass is 32.1. The first-order chi connectivity index (χ1) is 10.3. The minimum absolute atomic E-state index is 0.500.